The summed E-state index contributed by atoms with van der Waals surface area (Å²) >= 11 is 0. The molecule has 0 saturated carbocycles. The second kappa shape index (κ2) is 5.64. The molecule has 0 radical (unpaired) electrons. The van der Waals surface area contributed by atoms with Crippen LogP contribution in [-0.2, 0) is 10.0 Å². The summed E-state index contributed by atoms with van der Waals surface area (Å²) in [7, 11) is -4.00. The average molecular weight is 288 g/mol. The van der Waals surface area contributed by atoms with Gasteiger partial charge in [0.2, 0.25) is 10.0 Å². The maximum absolute atomic E-state index is 11.2. The van der Waals surface area contributed by atoms with E-state index in [1.165, 1.54) is 19.1 Å². The highest BCUT2D eigenvalue weighted by Crippen LogP contribution is 2.32. The van der Waals surface area contributed by atoms with Crippen molar-refractivity contribution >= 4 is 15.7 Å². The van der Waals surface area contributed by atoms with Crippen LogP contribution in [0.15, 0.2) is 23.1 Å². The lowest BCUT2D eigenvalue weighted by atomic mass is 9.90. The third-order valence-electron chi connectivity index (χ3n) is 2.95. The maximum Gasteiger partial charge on any atom is 0.274 e. The van der Waals surface area contributed by atoms with Gasteiger partial charge in [-0.3, -0.25) is 10.1 Å². The molecule has 19 heavy (non-hydrogen) atoms. The smallest absolute Gasteiger partial charge is 0.274 e. The summed E-state index contributed by atoms with van der Waals surface area (Å²) in [6, 6.07) is 3.47. The molecule has 0 aliphatic heterocycles. The van der Waals surface area contributed by atoms with E-state index >= 15 is 0 Å². The molecule has 2 unspecified atom stereocenters. The predicted octanol–water partition coefficient (Wildman–Crippen LogP) is 1.12. The Morgan fingerprint density at radius 3 is 2.42 bits per heavy atom. The van der Waals surface area contributed by atoms with Crippen molar-refractivity contribution in [3.05, 3.63) is 33.9 Å². The van der Waals surface area contributed by atoms with Crippen LogP contribution in [0.3, 0.4) is 0 Å². The molecule has 106 valence electrons. The molecule has 2 atom stereocenters. The molecule has 7 nitrogen and oxygen atoms in total. The summed E-state index contributed by atoms with van der Waals surface area (Å²) in [5, 5.41) is 25.6. The van der Waals surface area contributed by atoms with Gasteiger partial charge in [-0.2, -0.15) is 0 Å². The molecular formula is C11H16N2O5S. The Morgan fingerprint density at radius 1 is 1.47 bits per heavy atom. The van der Waals surface area contributed by atoms with E-state index < -0.39 is 27.0 Å². The van der Waals surface area contributed by atoms with Gasteiger partial charge in [0, 0.05) is 17.5 Å². The lowest BCUT2D eigenvalue weighted by molar-refractivity contribution is -0.386. The number of benzene rings is 1. The highest BCUT2D eigenvalue weighted by molar-refractivity contribution is 7.89. The van der Waals surface area contributed by atoms with Crippen molar-refractivity contribution in [3.8, 4) is 0 Å². The van der Waals surface area contributed by atoms with Gasteiger partial charge in [0.15, 0.2) is 0 Å². The van der Waals surface area contributed by atoms with E-state index in [1.807, 2.05) is 0 Å². The van der Waals surface area contributed by atoms with Crippen molar-refractivity contribution in [3.63, 3.8) is 0 Å². The van der Waals surface area contributed by atoms with Gasteiger partial charge in [-0.15, -0.1) is 0 Å². The van der Waals surface area contributed by atoms with Gasteiger partial charge >= 0.3 is 0 Å². The van der Waals surface area contributed by atoms with Crippen LogP contribution in [0.5, 0.6) is 0 Å². The van der Waals surface area contributed by atoms with Crippen LogP contribution in [-0.4, -0.2) is 24.6 Å². The Labute approximate surface area is 111 Å². The van der Waals surface area contributed by atoms with Crippen LogP contribution in [0.4, 0.5) is 5.69 Å². The van der Waals surface area contributed by atoms with Crippen molar-refractivity contribution in [2.24, 2.45) is 5.14 Å². The Kier molecular flexibility index (Phi) is 4.61. The number of nitrogens with zero attached hydrogens (tertiary/aromatic N) is 1. The highest BCUT2D eigenvalue weighted by atomic mass is 32.2. The highest BCUT2D eigenvalue weighted by Gasteiger charge is 2.26. The van der Waals surface area contributed by atoms with Crippen molar-refractivity contribution in [2.45, 2.75) is 37.2 Å². The average Bonchev–Trinajstić information content (AvgIpc) is 2.28. The number of nitro benzene ring substituents is 1. The minimum Gasteiger partial charge on any atom is -0.393 e. The molecule has 0 aliphatic carbocycles. The van der Waals surface area contributed by atoms with Crippen molar-refractivity contribution in [2.75, 3.05) is 0 Å². The zero-order valence-corrected chi connectivity index (χ0v) is 11.4. The zero-order valence-electron chi connectivity index (χ0n) is 10.6. The summed E-state index contributed by atoms with van der Waals surface area (Å²) in [6.07, 6.45) is -0.281. The molecule has 0 saturated heterocycles. The van der Waals surface area contributed by atoms with Gasteiger partial charge in [0.05, 0.1) is 15.9 Å². The number of sulfonamides is 1. The second-order valence-corrected chi connectivity index (χ2v) is 5.84. The first kappa shape index (κ1) is 15.5. The van der Waals surface area contributed by atoms with E-state index in [-0.39, 0.29) is 10.6 Å². The first-order valence-corrected chi connectivity index (χ1v) is 7.22. The number of aliphatic hydroxyl groups excluding tert-OH is 1. The molecule has 0 aliphatic rings. The molecule has 0 heterocycles. The molecule has 0 fully saturated rings. The summed E-state index contributed by atoms with van der Waals surface area (Å²) in [6.45, 7) is 3.32. The van der Waals surface area contributed by atoms with E-state index in [2.05, 4.69) is 0 Å². The SMILES string of the molecule is CCC(c1ccc(S(N)(=O)=O)cc1[N+](=O)[O-])C(C)O. The van der Waals surface area contributed by atoms with Gasteiger partial charge in [-0.05, 0) is 19.4 Å². The van der Waals surface area contributed by atoms with E-state index in [4.69, 9.17) is 5.14 Å². The number of rotatable bonds is 5. The standard InChI is InChI=1S/C11H16N2O5S/c1-3-9(7(2)14)10-5-4-8(19(12,17)18)6-11(10)13(15)16/h4-7,9,14H,3H2,1-2H3,(H2,12,17,18). The Bertz CT molecular complexity index is 583. The summed E-state index contributed by atoms with van der Waals surface area (Å²) < 4.78 is 22.4. The van der Waals surface area contributed by atoms with Gasteiger partial charge < -0.3 is 5.11 Å². The fourth-order valence-corrected chi connectivity index (χ4v) is 2.53. The molecule has 0 spiro atoms. The minimum absolute atomic E-state index is 0.301. The molecule has 3 N–H and O–H groups in total. The van der Waals surface area contributed by atoms with Gasteiger partial charge in [-0.1, -0.05) is 13.0 Å². The zero-order chi connectivity index (χ0) is 14.8. The van der Waals surface area contributed by atoms with E-state index in [1.54, 1.807) is 6.92 Å². The minimum atomic E-state index is -4.00. The molecule has 0 amide bonds. The third kappa shape index (κ3) is 3.49. The Hall–Kier alpha value is -1.51. The maximum atomic E-state index is 11.2. The second-order valence-electron chi connectivity index (χ2n) is 4.28. The third-order valence-corrected chi connectivity index (χ3v) is 3.86. The van der Waals surface area contributed by atoms with Crippen LogP contribution in [0.2, 0.25) is 0 Å². The van der Waals surface area contributed by atoms with Crippen molar-refractivity contribution in [1.82, 2.24) is 0 Å². The summed E-state index contributed by atoms with van der Waals surface area (Å²) in [4.78, 5) is 10.0. The van der Waals surface area contributed by atoms with Crippen LogP contribution in [0.25, 0.3) is 0 Å². The number of primary sulfonamides is 1. The monoisotopic (exact) mass is 288 g/mol. The van der Waals surface area contributed by atoms with Crippen LogP contribution >= 0.6 is 0 Å². The topological polar surface area (TPSA) is 124 Å². The van der Waals surface area contributed by atoms with Gasteiger partial charge in [0.25, 0.3) is 5.69 Å². The molecule has 1 aromatic carbocycles. The number of hydrogen-bond acceptors (Lipinski definition) is 5. The van der Waals surface area contributed by atoms with Gasteiger partial charge in [-0.25, -0.2) is 13.6 Å². The van der Waals surface area contributed by atoms with Crippen molar-refractivity contribution < 1.29 is 18.4 Å². The molecular weight excluding hydrogens is 272 g/mol. The molecule has 1 aromatic rings. The van der Waals surface area contributed by atoms with Crippen LogP contribution in [0.1, 0.15) is 31.7 Å². The normalized spacial score (nSPS) is 14.9. The molecule has 1 rings (SSSR count). The van der Waals surface area contributed by atoms with Crippen LogP contribution < -0.4 is 5.14 Å². The van der Waals surface area contributed by atoms with Crippen LogP contribution in [0, 0.1) is 10.1 Å². The first-order valence-electron chi connectivity index (χ1n) is 5.67. The number of hydrogen-bond donors (Lipinski definition) is 2. The van der Waals surface area contributed by atoms with Crippen molar-refractivity contribution in [1.29, 1.82) is 0 Å². The van der Waals surface area contributed by atoms with E-state index in [0.29, 0.717) is 12.0 Å². The number of nitrogens with two attached hydrogens (primary N) is 1. The molecule has 8 heteroatoms. The van der Waals surface area contributed by atoms with Gasteiger partial charge in [0.1, 0.15) is 0 Å². The number of nitro groups is 1. The summed E-state index contributed by atoms with van der Waals surface area (Å²) in [5.41, 5.74) is -0.0471. The Morgan fingerprint density at radius 2 is 2.05 bits per heavy atom. The molecule has 0 aromatic heterocycles. The lowest BCUT2D eigenvalue weighted by Crippen LogP contribution is -2.17. The lowest BCUT2D eigenvalue weighted by Gasteiger charge is -2.18. The fourth-order valence-electron chi connectivity index (χ4n) is 1.99. The largest absolute Gasteiger partial charge is 0.393 e. The fraction of sp³-hybridized carbons (Fsp3) is 0.455. The molecule has 0 bridgehead atoms. The Balaban J connectivity index is 3.46. The van der Waals surface area contributed by atoms with E-state index in [0.717, 1.165) is 6.07 Å². The summed E-state index contributed by atoms with van der Waals surface area (Å²) in [5.74, 6) is -0.435. The van der Waals surface area contributed by atoms with E-state index in [9.17, 15) is 23.6 Å². The predicted molar refractivity (Wildman–Crippen MR) is 69.2 cm³/mol. The first-order chi connectivity index (χ1) is 8.68. The number of aliphatic hydroxyl groups is 1. The quantitative estimate of drug-likeness (QED) is 0.620.